The Morgan fingerprint density at radius 1 is 1.05 bits per heavy atom. The van der Waals surface area contributed by atoms with Crippen LogP contribution in [0.2, 0.25) is 0 Å². The fourth-order valence-electron chi connectivity index (χ4n) is 2.19. The summed E-state index contributed by atoms with van der Waals surface area (Å²) in [6.45, 7) is 0.720. The van der Waals surface area contributed by atoms with Crippen molar-refractivity contribution >= 4 is 17.3 Å². The highest BCUT2D eigenvalue weighted by Gasteiger charge is 2.15. The van der Waals surface area contributed by atoms with Crippen LogP contribution in [0.1, 0.15) is 15.2 Å². The molecule has 3 aromatic rings. The van der Waals surface area contributed by atoms with Crippen molar-refractivity contribution in [3.8, 4) is 21.8 Å². The van der Waals surface area contributed by atoms with E-state index in [4.69, 9.17) is 0 Å². The van der Waals surface area contributed by atoms with Crippen molar-refractivity contribution < 1.29 is 15.6 Å². The van der Waals surface area contributed by atoms with Crippen LogP contribution in [0.3, 0.4) is 0 Å². The van der Waals surface area contributed by atoms with Crippen LogP contribution in [0.25, 0.3) is 21.8 Å². The average Bonchev–Trinajstić information content (AvgIpc) is 3.01. The van der Waals surface area contributed by atoms with Crippen LogP contribution < -0.4 is 10.8 Å². The Morgan fingerprint density at radius 3 is 2.32 bits per heavy atom. The van der Waals surface area contributed by atoms with E-state index in [9.17, 15) is 9.90 Å². The highest BCUT2D eigenvalue weighted by atomic mass is 32.1. The summed E-state index contributed by atoms with van der Waals surface area (Å²) in [5, 5.41) is 12.1. The predicted molar refractivity (Wildman–Crippen MR) is 83.9 cm³/mol. The highest BCUT2D eigenvalue weighted by Crippen LogP contribution is 2.33. The number of nitrogens with zero attached hydrogens (tertiary/aromatic N) is 1. The Balaban J connectivity index is 2.08. The highest BCUT2D eigenvalue weighted by molar-refractivity contribution is 7.17. The van der Waals surface area contributed by atoms with E-state index in [1.54, 1.807) is 0 Å². The van der Waals surface area contributed by atoms with Crippen LogP contribution in [0, 0.1) is 0 Å². The molecule has 5 heteroatoms. The fraction of sp³-hybridized carbons (Fsp3) is 0.0588. The third-order valence-electron chi connectivity index (χ3n) is 3.35. The van der Waals surface area contributed by atoms with Gasteiger partial charge < -0.3 is 15.6 Å². The molecule has 0 bridgehead atoms. The number of aromatic carboxylic acids is 1. The third-order valence-corrected chi connectivity index (χ3v) is 4.43. The minimum atomic E-state index is -1.20. The Labute approximate surface area is 131 Å². The van der Waals surface area contributed by atoms with Gasteiger partial charge in [-0.05, 0) is 0 Å². The second-order valence-corrected chi connectivity index (χ2v) is 5.80. The molecule has 3 rings (SSSR count). The molecule has 0 unspecified atom stereocenters. The predicted octanol–water partition coefficient (Wildman–Crippen LogP) is 1.58. The van der Waals surface area contributed by atoms with Gasteiger partial charge in [-0.25, -0.2) is 4.98 Å². The molecule has 0 aliphatic carbocycles. The molecule has 0 aliphatic rings. The smallest absolute Gasteiger partial charge is 0.124 e. The van der Waals surface area contributed by atoms with Gasteiger partial charge in [-0.1, -0.05) is 54.6 Å². The molecule has 0 saturated carbocycles. The molecule has 1 aromatic heterocycles. The number of benzene rings is 2. The largest absolute Gasteiger partial charge is 0.544 e. The minimum absolute atomic E-state index is 0.155. The minimum Gasteiger partial charge on any atom is -0.544 e. The maximum Gasteiger partial charge on any atom is 0.124 e. The Hall–Kier alpha value is -2.50. The lowest BCUT2D eigenvalue weighted by Gasteiger charge is -2.01. The van der Waals surface area contributed by atoms with E-state index < -0.39 is 5.97 Å². The summed E-state index contributed by atoms with van der Waals surface area (Å²) in [7, 11) is 0. The first-order valence-electron chi connectivity index (χ1n) is 6.85. The lowest BCUT2D eigenvalue weighted by atomic mass is 10.1. The zero-order chi connectivity index (χ0) is 15.5. The monoisotopic (exact) mass is 310 g/mol. The molecule has 0 spiro atoms. The number of rotatable bonds is 4. The molecule has 2 aromatic carbocycles. The van der Waals surface area contributed by atoms with Crippen LogP contribution >= 0.6 is 11.3 Å². The van der Waals surface area contributed by atoms with Crippen molar-refractivity contribution in [3.05, 3.63) is 65.0 Å². The molecule has 0 saturated heterocycles. The fourth-order valence-corrected chi connectivity index (χ4v) is 3.12. The van der Waals surface area contributed by atoms with E-state index >= 15 is 0 Å². The van der Waals surface area contributed by atoms with Crippen molar-refractivity contribution in [3.63, 3.8) is 0 Å². The molecule has 3 N–H and O–H groups in total. The van der Waals surface area contributed by atoms with E-state index in [2.05, 4.69) is 10.7 Å². The SMILES string of the molecule is [NH3+]Cc1ccc(-c2nc(-c3ccccc3)c(C(=O)[O-])s2)cc1. The topological polar surface area (TPSA) is 80.7 Å². The van der Waals surface area contributed by atoms with E-state index in [1.165, 1.54) is 0 Å². The van der Waals surface area contributed by atoms with Crippen molar-refractivity contribution in [2.24, 2.45) is 0 Å². The van der Waals surface area contributed by atoms with Gasteiger partial charge in [0.15, 0.2) is 0 Å². The van der Waals surface area contributed by atoms with Gasteiger partial charge >= 0.3 is 0 Å². The van der Waals surface area contributed by atoms with E-state index in [-0.39, 0.29) is 4.88 Å². The van der Waals surface area contributed by atoms with Gasteiger partial charge in [0.1, 0.15) is 5.01 Å². The number of carboxylic acid groups (broad SMARTS) is 1. The Bertz CT molecular complexity index is 795. The molecule has 0 fully saturated rings. The maximum absolute atomic E-state index is 11.4. The van der Waals surface area contributed by atoms with E-state index in [0.717, 1.165) is 34.6 Å². The summed E-state index contributed by atoms with van der Waals surface area (Å²) in [6, 6.07) is 17.1. The number of carbonyl (C=O) groups is 1. The summed E-state index contributed by atoms with van der Waals surface area (Å²) >= 11 is 1.14. The zero-order valence-corrected chi connectivity index (χ0v) is 12.6. The molecule has 0 atom stereocenters. The third kappa shape index (κ3) is 2.77. The van der Waals surface area contributed by atoms with Crippen molar-refractivity contribution in [1.82, 2.24) is 4.98 Å². The van der Waals surface area contributed by atoms with Crippen LogP contribution in [0.4, 0.5) is 0 Å². The van der Waals surface area contributed by atoms with Gasteiger partial charge in [0, 0.05) is 16.7 Å². The molecular weight excluding hydrogens is 296 g/mol. The van der Waals surface area contributed by atoms with E-state index in [1.807, 2.05) is 54.6 Å². The lowest BCUT2D eigenvalue weighted by molar-refractivity contribution is -0.386. The molecule has 0 aliphatic heterocycles. The number of quaternary nitrogens is 1. The summed E-state index contributed by atoms with van der Waals surface area (Å²) < 4.78 is 0. The zero-order valence-electron chi connectivity index (χ0n) is 11.8. The normalized spacial score (nSPS) is 10.6. The molecule has 1 heterocycles. The standard InChI is InChI=1S/C17H14N2O2S/c18-10-11-6-8-13(9-7-11)16-19-14(15(22-16)17(20)21)12-4-2-1-3-5-12/h1-9H,10,18H2,(H,20,21). The Morgan fingerprint density at radius 2 is 1.73 bits per heavy atom. The summed E-state index contributed by atoms with van der Waals surface area (Å²) in [4.78, 5) is 16.1. The number of carboxylic acids is 1. The number of thiazole rings is 1. The second-order valence-electron chi connectivity index (χ2n) is 4.80. The molecule has 0 radical (unpaired) electrons. The first-order chi connectivity index (χ1) is 10.7. The Kier molecular flexibility index (Phi) is 4.00. The van der Waals surface area contributed by atoms with Gasteiger partial charge in [0.25, 0.3) is 0 Å². The summed E-state index contributed by atoms with van der Waals surface area (Å²) in [5.74, 6) is -1.20. The quantitative estimate of drug-likeness (QED) is 0.794. The number of hydrogen-bond donors (Lipinski definition) is 1. The number of aromatic nitrogens is 1. The summed E-state index contributed by atoms with van der Waals surface area (Å²) in [5.41, 5.74) is 7.10. The van der Waals surface area contributed by atoms with Crippen LogP contribution in [0.15, 0.2) is 54.6 Å². The van der Waals surface area contributed by atoms with Crippen molar-refractivity contribution in [2.75, 3.05) is 0 Å². The van der Waals surface area contributed by atoms with Gasteiger partial charge in [0.05, 0.1) is 23.1 Å². The van der Waals surface area contributed by atoms with Gasteiger partial charge in [-0.3, -0.25) is 0 Å². The summed E-state index contributed by atoms with van der Waals surface area (Å²) in [6.07, 6.45) is 0. The van der Waals surface area contributed by atoms with Gasteiger partial charge in [0.2, 0.25) is 0 Å². The molecule has 4 nitrogen and oxygen atoms in total. The van der Waals surface area contributed by atoms with E-state index in [0.29, 0.717) is 10.7 Å². The van der Waals surface area contributed by atoms with Crippen LogP contribution in [-0.4, -0.2) is 11.0 Å². The first-order valence-corrected chi connectivity index (χ1v) is 7.67. The number of carbonyl (C=O) groups excluding carboxylic acids is 1. The molecule has 0 amide bonds. The molecule has 22 heavy (non-hydrogen) atoms. The maximum atomic E-state index is 11.4. The van der Waals surface area contributed by atoms with Gasteiger partial charge in [-0.15, -0.1) is 11.3 Å². The average molecular weight is 310 g/mol. The molecular formula is C17H14N2O2S. The second kappa shape index (κ2) is 6.09. The lowest BCUT2D eigenvalue weighted by Crippen LogP contribution is -2.47. The first kappa shape index (κ1) is 14.4. The van der Waals surface area contributed by atoms with Crippen molar-refractivity contribution in [2.45, 2.75) is 6.54 Å². The number of hydrogen-bond acceptors (Lipinski definition) is 4. The molecule has 110 valence electrons. The van der Waals surface area contributed by atoms with Crippen LogP contribution in [-0.2, 0) is 6.54 Å². The van der Waals surface area contributed by atoms with Crippen molar-refractivity contribution in [1.29, 1.82) is 0 Å². The van der Waals surface area contributed by atoms with Gasteiger partial charge in [-0.2, -0.15) is 0 Å². The van der Waals surface area contributed by atoms with Crippen LogP contribution in [0.5, 0.6) is 0 Å².